The first-order chi connectivity index (χ1) is 5.31. The Morgan fingerprint density at radius 3 is 2.91 bits per heavy atom. The van der Waals surface area contributed by atoms with Gasteiger partial charge in [0.05, 0.1) is 7.11 Å². The van der Waals surface area contributed by atoms with Gasteiger partial charge in [0, 0.05) is 6.21 Å². The Morgan fingerprint density at radius 2 is 2.36 bits per heavy atom. The van der Waals surface area contributed by atoms with Gasteiger partial charge in [0.25, 0.3) is 0 Å². The quantitative estimate of drug-likeness (QED) is 0.280. The lowest BCUT2D eigenvalue weighted by Gasteiger charge is -1.83. The van der Waals surface area contributed by atoms with Crippen LogP contribution in [0.15, 0.2) is 27.8 Å². The van der Waals surface area contributed by atoms with Crippen molar-refractivity contribution in [2.24, 2.45) is 15.7 Å². The smallest absolute Gasteiger partial charge is 0.172 e. The van der Waals surface area contributed by atoms with Gasteiger partial charge in [-0.25, -0.2) is 9.98 Å². The van der Waals surface area contributed by atoms with Gasteiger partial charge in [-0.15, -0.1) is 0 Å². The topological polar surface area (TPSA) is 60.0 Å². The molecule has 0 aromatic carbocycles. The molecule has 0 aromatic heterocycles. The van der Waals surface area contributed by atoms with Crippen LogP contribution in [0.3, 0.4) is 0 Å². The van der Waals surface area contributed by atoms with Crippen molar-refractivity contribution in [3.8, 4) is 0 Å². The summed E-state index contributed by atoms with van der Waals surface area (Å²) in [4.78, 5) is 7.41. The summed E-state index contributed by atoms with van der Waals surface area (Å²) >= 11 is 0. The van der Waals surface area contributed by atoms with E-state index in [0.717, 1.165) is 0 Å². The highest BCUT2D eigenvalue weighted by atomic mass is 16.5. The van der Waals surface area contributed by atoms with E-state index in [1.165, 1.54) is 19.7 Å². The Bertz CT molecular complexity index is 212. The van der Waals surface area contributed by atoms with E-state index in [1.807, 2.05) is 0 Å². The average Bonchev–Trinajstić information content (AvgIpc) is 2.01. The number of nitrogens with zero attached hydrogens (tertiary/aromatic N) is 2. The summed E-state index contributed by atoms with van der Waals surface area (Å²) in [5, 5.41) is 0. The normalized spacial score (nSPS) is 10.0. The third-order valence-electron chi connectivity index (χ3n) is 0.737. The minimum Gasteiger partial charge on any atom is -0.496 e. The molecule has 2 N–H and O–H groups in total. The second kappa shape index (κ2) is 6.58. The molecular weight excluding hydrogens is 142 g/mol. The summed E-state index contributed by atoms with van der Waals surface area (Å²) in [7, 11) is 1.51. The maximum Gasteiger partial charge on any atom is 0.172 e. The fourth-order valence-corrected chi connectivity index (χ4v) is 0.319. The van der Waals surface area contributed by atoms with E-state index in [2.05, 4.69) is 20.5 Å². The molecule has 11 heavy (non-hydrogen) atoms. The van der Waals surface area contributed by atoms with E-state index in [4.69, 9.17) is 5.73 Å². The third-order valence-corrected chi connectivity index (χ3v) is 0.737. The van der Waals surface area contributed by atoms with E-state index >= 15 is 0 Å². The predicted octanol–water partition coefficient (Wildman–Crippen LogP) is 0.665. The average molecular weight is 153 g/mol. The zero-order valence-electron chi connectivity index (χ0n) is 6.61. The van der Waals surface area contributed by atoms with Crippen molar-refractivity contribution in [3.05, 3.63) is 17.8 Å². The molecular formula is C7H11N3O. The van der Waals surface area contributed by atoms with Gasteiger partial charge >= 0.3 is 0 Å². The Morgan fingerprint density at radius 1 is 1.64 bits per heavy atom. The SMILES string of the molecule is CC=NC=NC(N)=C=COC. The molecule has 4 heteroatoms. The maximum absolute atomic E-state index is 5.32. The maximum atomic E-state index is 5.32. The van der Waals surface area contributed by atoms with Crippen LogP contribution >= 0.6 is 0 Å². The lowest BCUT2D eigenvalue weighted by Crippen LogP contribution is -1.90. The molecule has 4 nitrogen and oxygen atoms in total. The third kappa shape index (κ3) is 6.34. The number of ether oxygens (including phenoxy) is 1. The van der Waals surface area contributed by atoms with Crippen LogP contribution in [0.4, 0.5) is 0 Å². The summed E-state index contributed by atoms with van der Waals surface area (Å²) in [6, 6.07) is 0. The first-order valence-electron chi connectivity index (χ1n) is 3.05. The van der Waals surface area contributed by atoms with E-state index in [0.29, 0.717) is 0 Å². The van der Waals surface area contributed by atoms with Gasteiger partial charge in [0.15, 0.2) is 5.82 Å². The van der Waals surface area contributed by atoms with E-state index in [9.17, 15) is 0 Å². The van der Waals surface area contributed by atoms with Gasteiger partial charge in [0.1, 0.15) is 12.6 Å². The zero-order valence-corrected chi connectivity index (χ0v) is 6.61. The first kappa shape index (κ1) is 9.46. The van der Waals surface area contributed by atoms with Crippen molar-refractivity contribution in [2.45, 2.75) is 6.92 Å². The molecule has 0 radical (unpaired) electrons. The molecule has 0 fully saturated rings. The van der Waals surface area contributed by atoms with E-state index in [-0.39, 0.29) is 5.82 Å². The Balaban J connectivity index is 4.05. The van der Waals surface area contributed by atoms with Crippen molar-refractivity contribution >= 4 is 12.6 Å². The van der Waals surface area contributed by atoms with Gasteiger partial charge in [0.2, 0.25) is 0 Å². The first-order valence-corrected chi connectivity index (χ1v) is 3.05. The predicted molar refractivity (Wildman–Crippen MR) is 45.5 cm³/mol. The van der Waals surface area contributed by atoms with Crippen LogP contribution in [0, 0.1) is 0 Å². The molecule has 0 unspecified atom stereocenters. The van der Waals surface area contributed by atoms with Crippen molar-refractivity contribution < 1.29 is 4.74 Å². The fraction of sp³-hybridized carbons (Fsp3) is 0.286. The van der Waals surface area contributed by atoms with Gasteiger partial charge in [-0.1, -0.05) is 0 Å². The molecule has 0 bridgehead atoms. The second-order valence-electron chi connectivity index (χ2n) is 1.53. The zero-order chi connectivity index (χ0) is 8.53. The molecule has 0 amide bonds. The van der Waals surface area contributed by atoms with Crippen LogP contribution in [0.5, 0.6) is 0 Å². The molecule has 60 valence electrons. The Kier molecular flexibility index (Phi) is 5.66. The number of aliphatic imine (C=N–C) groups is 2. The summed E-state index contributed by atoms with van der Waals surface area (Å²) < 4.78 is 4.57. The van der Waals surface area contributed by atoms with Gasteiger partial charge in [-0.2, -0.15) is 0 Å². The van der Waals surface area contributed by atoms with E-state index in [1.54, 1.807) is 13.1 Å². The number of hydrogen-bond acceptors (Lipinski definition) is 3. The monoisotopic (exact) mass is 153 g/mol. The molecule has 0 spiro atoms. The molecule has 0 aromatic rings. The number of methoxy groups -OCH3 is 1. The minimum atomic E-state index is 0.234. The summed E-state index contributed by atoms with van der Waals surface area (Å²) in [5.74, 6) is 0.234. The minimum absolute atomic E-state index is 0.234. The molecule has 0 atom stereocenters. The number of rotatable bonds is 3. The van der Waals surface area contributed by atoms with E-state index < -0.39 is 0 Å². The van der Waals surface area contributed by atoms with Crippen LogP contribution < -0.4 is 5.73 Å². The second-order valence-corrected chi connectivity index (χ2v) is 1.53. The highest BCUT2D eigenvalue weighted by Crippen LogP contribution is 1.80. The highest BCUT2D eigenvalue weighted by Gasteiger charge is 1.74. The van der Waals surface area contributed by atoms with Crippen LogP contribution in [0.25, 0.3) is 0 Å². The lowest BCUT2D eigenvalue weighted by atomic mass is 10.7. The molecule has 0 saturated heterocycles. The van der Waals surface area contributed by atoms with Gasteiger partial charge < -0.3 is 10.5 Å². The molecule has 0 aliphatic carbocycles. The largest absolute Gasteiger partial charge is 0.496 e. The molecule has 0 aliphatic rings. The van der Waals surface area contributed by atoms with Crippen molar-refractivity contribution in [2.75, 3.05) is 7.11 Å². The highest BCUT2D eigenvalue weighted by molar-refractivity contribution is 5.70. The number of nitrogens with two attached hydrogens (primary N) is 1. The summed E-state index contributed by atoms with van der Waals surface area (Å²) in [6.07, 6.45) is 4.27. The summed E-state index contributed by atoms with van der Waals surface area (Å²) in [5.41, 5.74) is 7.89. The fourth-order valence-electron chi connectivity index (χ4n) is 0.319. The van der Waals surface area contributed by atoms with Crippen LogP contribution in [-0.4, -0.2) is 19.7 Å². The van der Waals surface area contributed by atoms with Crippen molar-refractivity contribution in [3.63, 3.8) is 0 Å². The lowest BCUT2D eigenvalue weighted by molar-refractivity contribution is 0.338. The van der Waals surface area contributed by atoms with Crippen LogP contribution in [-0.2, 0) is 4.74 Å². The molecule has 0 rings (SSSR count). The van der Waals surface area contributed by atoms with Crippen LogP contribution in [0.2, 0.25) is 0 Å². The summed E-state index contributed by atoms with van der Waals surface area (Å²) in [6.45, 7) is 1.79. The van der Waals surface area contributed by atoms with Crippen molar-refractivity contribution in [1.82, 2.24) is 0 Å². The van der Waals surface area contributed by atoms with Gasteiger partial charge in [-0.3, -0.25) is 0 Å². The Hall–Kier alpha value is -1.54. The number of hydrogen-bond donors (Lipinski definition) is 1. The van der Waals surface area contributed by atoms with Gasteiger partial charge in [-0.05, 0) is 12.7 Å². The molecule has 0 aliphatic heterocycles. The standard InChI is InChI=1S/C7H11N3O/c1-3-9-6-10-7(8)4-5-11-2/h3,5-6H,8H2,1-2H3. The van der Waals surface area contributed by atoms with Crippen molar-refractivity contribution in [1.29, 1.82) is 0 Å². The molecule has 0 saturated carbocycles. The Labute approximate surface area is 65.8 Å². The molecule has 0 heterocycles. The van der Waals surface area contributed by atoms with Crippen LogP contribution in [0.1, 0.15) is 6.92 Å².